The monoisotopic (exact) mass is 450 g/mol. The number of hydrogen-bond acceptors (Lipinski definition) is 5. The van der Waals surface area contributed by atoms with Crippen LogP contribution in [0.2, 0.25) is 5.02 Å². The van der Waals surface area contributed by atoms with Gasteiger partial charge in [0, 0.05) is 23.9 Å². The number of hydrogen-bond donors (Lipinski definition) is 4. The summed E-state index contributed by atoms with van der Waals surface area (Å²) in [5, 5.41) is 11.5. The molecule has 0 fully saturated rings. The summed E-state index contributed by atoms with van der Waals surface area (Å²) in [6.07, 6.45) is 0. The fraction of sp³-hybridized carbons (Fsp3) is 0.158. The maximum Gasteiger partial charge on any atom is 0.257 e. The third-order valence-electron chi connectivity index (χ3n) is 3.41. The van der Waals surface area contributed by atoms with E-state index in [1.165, 1.54) is 13.0 Å². The molecule has 0 aliphatic heterocycles. The van der Waals surface area contributed by atoms with Crippen molar-refractivity contribution in [2.75, 3.05) is 17.2 Å². The van der Waals surface area contributed by atoms with Crippen molar-refractivity contribution in [1.29, 1.82) is 0 Å². The predicted molar refractivity (Wildman–Crippen MR) is 123 cm³/mol. The van der Waals surface area contributed by atoms with Crippen LogP contribution in [-0.4, -0.2) is 28.6 Å². The zero-order valence-corrected chi connectivity index (χ0v) is 18.1. The second-order valence-corrected chi connectivity index (χ2v) is 6.92. The van der Waals surface area contributed by atoms with Crippen molar-refractivity contribution in [3.05, 3.63) is 53.1 Å². The Morgan fingerprint density at radius 3 is 2.00 bits per heavy atom. The summed E-state index contributed by atoms with van der Waals surface area (Å²) in [6.45, 7) is 3.70. The topological polar surface area (TPSA) is 91.5 Å². The molecule has 0 radical (unpaired) electrons. The molecule has 10 heteroatoms. The normalized spacial score (nSPS) is 9.90. The zero-order valence-electron chi connectivity index (χ0n) is 15.7. The van der Waals surface area contributed by atoms with Crippen LogP contribution in [0.3, 0.4) is 0 Å². The molecule has 0 saturated carbocycles. The molecular formula is C19H19ClN4O3S2. The van der Waals surface area contributed by atoms with Gasteiger partial charge in [-0.05, 0) is 73.8 Å². The van der Waals surface area contributed by atoms with Gasteiger partial charge in [0.1, 0.15) is 5.75 Å². The lowest BCUT2D eigenvalue weighted by molar-refractivity contribution is -0.117. The van der Waals surface area contributed by atoms with Crippen LogP contribution < -0.4 is 26.0 Å². The molecule has 2 aromatic carbocycles. The van der Waals surface area contributed by atoms with Gasteiger partial charge < -0.3 is 20.7 Å². The Morgan fingerprint density at radius 1 is 0.966 bits per heavy atom. The third kappa shape index (κ3) is 7.30. The molecular weight excluding hydrogens is 432 g/mol. The Bertz CT molecular complexity index is 936. The standard InChI is InChI=1S/C19H19ClN4O3S2/c1-3-27-16-9-4-12(10-15(16)20)17(26)24-19(29)23-14-7-5-13(6-8-14)22-18(28)21-11(2)25/h4-10H,3H2,1-2H3,(H2,21,22,25,28)(H2,23,24,26,29). The van der Waals surface area contributed by atoms with Crippen molar-refractivity contribution in [3.8, 4) is 5.75 Å². The van der Waals surface area contributed by atoms with Crippen LogP contribution in [0.5, 0.6) is 5.75 Å². The molecule has 0 bridgehead atoms. The highest BCUT2D eigenvalue weighted by Crippen LogP contribution is 2.25. The quantitative estimate of drug-likeness (QED) is 0.516. The number of amides is 2. The third-order valence-corrected chi connectivity index (χ3v) is 4.11. The van der Waals surface area contributed by atoms with Crippen LogP contribution in [0.25, 0.3) is 0 Å². The number of thiocarbonyl (C=S) groups is 2. The molecule has 2 amide bonds. The molecule has 0 spiro atoms. The summed E-state index contributed by atoms with van der Waals surface area (Å²) >= 11 is 16.3. The summed E-state index contributed by atoms with van der Waals surface area (Å²) in [6, 6.07) is 11.7. The molecule has 0 aliphatic carbocycles. The van der Waals surface area contributed by atoms with E-state index in [0.717, 1.165) is 0 Å². The van der Waals surface area contributed by atoms with E-state index in [-0.39, 0.29) is 16.1 Å². The average molecular weight is 451 g/mol. The van der Waals surface area contributed by atoms with E-state index in [9.17, 15) is 9.59 Å². The largest absolute Gasteiger partial charge is 0.492 e. The number of benzene rings is 2. The number of carbonyl (C=O) groups excluding carboxylic acids is 2. The minimum Gasteiger partial charge on any atom is -0.492 e. The molecule has 0 aromatic heterocycles. The summed E-state index contributed by atoms with van der Waals surface area (Å²) in [4.78, 5) is 23.3. The van der Waals surface area contributed by atoms with Crippen molar-refractivity contribution >= 4 is 69.5 Å². The highest BCUT2D eigenvalue weighted by atomic mass is 35.5. The van der Waals surface area contributed by atoms with Gasteiger partial charge >= 0.3 is 0 Å². The Hall–Kier alpha value is -2.75. The SMILES string of the molecule is CCOc1ccc(C(=O)NC(=S)Nc2ccc(NC(=S)NC(C)=O)cc2)cc1Cl. The van der Waals surface area contributed by atoms with Crippen molar-refractivity contribution in [3.63, 3.8) is 0 Å². The zero-order chi connectivity index (χ0) is 21.4. The second kappa shape index (κ2) is 10.7. The van der Waals surface area contributed by atoms with Gasteiger partial charge in [-0.15, -0.1) is 0 Å². The maximum absolute atomic E-state index is 12.3. The smallest absolute Gasteiger partial charge is 0.257 e. The Labute approximate surface area is 184 Å². The van der Waals surface area contributed by atoms with E-state index >= 15 is 0 Å². The molecule has 0 unspecified atom stereocenters. The van der Waals surface area contributed by atoms with Crippen molar-refractivity contribution in [2.45, 2.75) is 13.8 Å². The van der Waals surface area contributed by atoms with Crippen LogP contribution >= 0.6 is 36.0 Å². The van der Waals surface area contributed by atoms with Crippen LogP contribution in [0, 0.1) is 0 Å². The van der Waals surface area contributed by atoms with Gasteiger partial charge in [0.25, 0.3) is 5.91 Å². The lowest BCUT2D eigenvalue weighted by Gasteiger charge is -2.12. The fourth-order valence-corrected chi connectivity index (χ4v) is 2.92. The van der Waals surface area contributed by atoms with Gasteiger partial charge in [0.05, 0.1) is 11.6 Å². The van der Waals surface area contributed by atoms with Gasteiger partial charge in [-0.25, -0.2) is 0 Å². The molecule has 4 N–H and O–H groups in total. The van der Waals surface area contributed by atoms with E-state index in [2.05, 4.69) is 21.3 Å². The first-order valence-corrected chi connectivity index (χ1v) is 9.71. The summed E-state index contributed by atoms with van der Waals surface area (Å²) in [5.74, 6) is -0.139. The van der Waals surface area contributed by atoms with Gasteiger partial charge in [-0.1, -0.05) is 11.6 Å². The van der Waals surface area contributed by atoms with Crippen LogP contribution in [-0.2, 0) is 4.79 Å². The number of carbonyl (C=O) groups is 2. The molecule has 0 aliphatic rings. The minimum absolute atomic E-state index is 0.134. The number of nitrogens with one attached hydrogen (secondary N) is 4. The van der Waals surface area contributed by atoms with E-state index in [0.29, 0.717) is 34.3 Å². The Morgan fingerprint density at radius 2 is 1.52 bits per heavy atom. The molecule has 0 saturated heterocycles. The van der Waals surface area contributed by atoms with Gasteiger partial charge in [0.2, 0.25) is 5.91 Å². The first-order chi connectivity index (χ1) is 13.8. The van der Waals surface area contributed by atoms with Crippen molar-refractivity contribution < 1.29 is 14.3 Å². The van der Waals surface area contributed by atoms with Crippen LogP contribution in [0.4, 0.5) is 11.4 Å². The average Bonchev–Trinajstić information content (AvgIpc) is 2.64. The minimum atomic E-state index is -0.397. The lowest BCUT2D eigenvalue weighted by Crippen LogP contribution is -2.34. The van der Waals surface area contributed by atoms with Gasteiger partial charge in [-0.3, -0.25) is 14.9 Å². The van der Waals surface area contributed by atoms with E-state index < -0.39 is 5.91 Å². The number of rotatable bonds is 5. The maximum atomic E-state index is 12.3. The van der Waals surface area contributed by atoms with Gasteiger partial charge in [0.15, 0.2) is 10.2 Å². The van der Waals surface area contributed by atoms with Crippen molar-refractivity contribution in [1.82, 2.24) is 10.6 Å². The highest BCUT2D eigenvalue weighted by Gasteiger charge is 2.11. The fourth-order valence-electron chi connectivity index (χ4n) is 2.21. The molecule has 0 heterocycles. The number of anilines is 2. The Kier molecular flexibility index (Phi) is 8.32. The first kappa shape index (κ1) is 22.5. The molecule has 29 heavy (non-hydrogen) atoms. The molecule has 2 rings (SSSR count). The van der Waals surface area contributed by atoms with E-state index in [1.807, 2.05) is 6.92 Å². The molecule has 152 valence electrons. The van der Waals surface area contributed by atoms with Crippen LogP contribution in [0.15, 0.2) is 42.5 Å². The van der Waals surface area contributed by atoms with E-state index in [4.69, 9.17) is 40.8 Å². The Balaban J connectivity index is 1.91. The number of halogens is 1. The summed E-state index contributed by atoms with van der Waals surface area (Å²) in [7, 11) is 0. The van der Waals surface area contributed by atoms with Crippen LogP contribution in [0.1, 0.15) is 24.2 Å². The summed E-state index contributed by atoms with van der Waals surface area (Å²) < 4.78 is 5.35. The second-order valence-electron chi connectivity index (χ2n) is 5.70. The van der Waals surface area contributed by atoms with Crippen molar-refractivity contribution in [2.24, 2.45) is 0 Å². The van der Waals surface area contributed by atoms with Gasteiger partial charge in [-0.2, -0.15) is 0 Å². The molecule has 0 atom stereocenters. The highest BCUT2D eigenvalue weighted by molar-refractivity contribution is 7.80. The first-order valence-electron chi connectivity index (χ1n) is 8.51. The predicted octanol–water partition coefficient (Wildman–Crippen LogP) is 3.70. The molecule has 2 aromatic rings. The molecule has 7 nitrogen and oxygen atoms in total. The lowest BCUT2D eigenvalue weighted by atomic mass is 10.2. The number of ether oxygens (including phenoxy) is 1. The summed E-state index contributed by atoms with van der Waals surface area (Å²) in [5.41, 5.74) is 1.71. The van der Waals surface area contributed by atoms with E-state index in [1.54, 1.807) is 36.4 Å².